The fourth-order valence-electron chi connectivity index (χ4n) is 1.35. The molecule has 1 aromatic carbocycles. The van der Waals surface area contributed by atoms with E-state index in [4.69, 9.17) is 4.74 Å². The molecule has 1 atom stereocenters. The molecule has 1 aromatic rings. The summed E-state index contributed by atoms with van der Waals surface area (Å²) in [6.07, 6.45) is 0. The molecule has 0 spiro atoms. The van der Waals surface area contributed by atoms with Crippen molar-refractivity contribution in [1.29, 1.82) is 0 Å². The Labute approximate surface area is 104 Å². The number of hydrogen-bond donors (Lipinski definition) is 2. The number of carbonyl (C=O) groups excluding carboxylic acids is 1. The minimum Gasteiger partial charge on any atom is -0.383 e. The SMILES string of the molecule is COC[C@@H](C)NC(=O)Nc1ccc([N+](=O)[O-])cc1. The normalized spacial score (nSPS) is 11.7. The van der Waals surface area contributed by atoms with Crippen molar-refractivity contribution >= 4 is 17.4 Å². The lowest BCUT2D eigenvalue weighted by atomic mass is 10.3. The minimum atomic E-state index is -0.496. The maximum atomic E-state index is 11.5. The van der Waals surface area contributed by atoms with Gasteiger partial charge in [-0.2, -0.15) is 0 Å². The fraction of sp³-hybridized carbons (Fsp3) is 0.364. The van der Waals surface area contributed by atoms with Gasteiger partial charge in [0.25, 0.3) is 5.69 Å². The van der Waals surface area contributed by atoms with E-state index in [0.717, 1.165) is 0 Å². The molecule has 0 heterocycles. The van der Waals surface area contributed by atoms with Crippen molar-refractivity contribution in [3.05, 3.63) is 34.4 Å². The zero-order valence-electron chi connectivity index (χ0n) is 10.2. The second kappa shape index (κ2) is 6.55. The van der Waals surface area contributed by atoms with Crippen LogP contribution in [-0.2, 0) is 4.74 Å². The second-order valence-corrected chi connectivity index (χ2v) is 3.76. The molecule has 2 N–H and O–H groups in total. The van der Waals surface area contributed by atoms with Crippen LogP contribution in [-0.4, -0.2) is 30.7 Å². The van der Waals surface area contributed by atoms with Gasteiger partial charge in [0.2, 0.25) is 0 Å². The van der Waals surface area contributed by atoms with Crippen LogP contribution < -0.4 is 10.6 Å². The Morgan fingerprint density at radius 2 is 2.06 bits per heavy atom. The van der Waals surface area contributed by atoms with E-state index in [1.54, 1.807) is 14.0 Å². The highest BCUT2D eigenvalue weighted by Crippen LogP contribution is 2.15. The molecule has 0 aliphatic heterocycles. The van der Waals surface area contributed by atoms with Gasteiger partial charge in [0, 0.05) is 24.9 Å². The van der Waals surface area contributed by atoms with Crippen molar-refractivity contribution in [2.45, 2.75) is 13.0 Å². The van der Waals surface area contributed by atoms with Gasteiger partial charge in [0.1, 0.15) is 0 Å². The van der Waals surface area contributed by atoms with Crippen LogP contribution >= 0.6 is 0 Å². The van der Waals surface area contributed by atoms with Crippen molar-refractivity contribution in [2.24, 2.45) is 0 Å². The Hall–Kier alpha value is -2.15. The monoisotopic (exact) mass is 253 g/mol. The molecule has 0 fully saturated rings. The van der Waals surface area contributed by atoms with Gasteiger partial charge in [-0.05, 0) is 19.1 Å². The number of nitro benzene ring substituents is 1. The zero-order chi connectivity index (χ0) is 13.5. The van der Waals surface area contributed by atoms with E-state index in [1.807, 2.05) is 0 Å². The summed E-state index contributed by atoms with van der Waals surface area (Å²) < 4.78 is 4.88. The Morgan fingerprint density at radius 1 is 1.44 bits per heavy atom. The first kappa shape index (κ1) is 13.9. The first-order valence-electron chi connectivity index (χ1n) is 5.34. The minimum absolute atomic E-state index is 0.0197. The number of urea groups is 1. The van der Waals surface area contributed by atoms with Crippen LogP contribution in [0.15, 0.2) is 24.3 Å². The molecule has 0 bridgehead atoms. The molecule has 0 unspecified atom stereocenters. The van der Waals surface area contributed by atoms with E-state index in [0.29, 0.717) is 12.3 Å². The average molecular weight is 253 g/mol. The summed E-state index contributed by atoms with van der Waals surface area (Å²) in [6.45, 7) is 2.21. The highest BCUT2D eigenvalue weighted by Gasteiger charge is 2.08. The van der Waals surface area contributed by atoms with E-state index in [-0.39, 0.29) is 17.8 Å². The topological polar surface area (TPSA) is 93.5 Å². The number of nitro groups is 1. The number of nitrogens with one attached hydrogen (secondary N) is 2. The van der Waals surface area contributed by atoms with E-state index in [9.17, 15) is 14.9 Å². The number of ether oxygens (including phenoxy) is 1. The van der Waals surface area contributed by atoms with Gasteiger partial charge in [-0.15, -0.1) is 0 Å². The number of methoxy groups -OCH3 is 1. The number of amides is 2. The summed E-state index contributed by atoms with van der Waals surface area (Å²) in [7, 11) is 1.55. The number of rotatable bonds is 5. The third-order valence-corrected chi connectivity index (χ3v) is 2.13. The van der Waals surface area contributed by atoms with Crippen LogP contribution in [0.1, 0.15) is 6.92 Å². The van der Waals surface area contributed by atoms with Crippen LogP contribution in [0, 0.1) is 10.1 Å². The van der Waals surface area contributed by atoms with E-state index < -0.39 is 4.92 Å². The van der Waals surface area contributed by atoms with Crippen LogP contribution in [0.2, 0.25) is 0 Å². The summed E-state index contributed by atoms with van der Waals surface area (Å²) in [4.78, 5) is 21.5. The molecule has 18 heavy (non-hydrogen) atoms. The van der Waals surface area contributed by atoms with Gasteiger partial charge >= 0.3 is 6.03 Å². The van der Waals surface area contributed by atoms with Crippen LogP contribution in [0.4, 0.5) is 16.2 Å². The van der Waals surface area contributed by atoms with Crippen LogP contribution in [0.3, 0.4) is 0 Å². The molecular weight excluding hydrogens is 238 g/mol. The molecule has 0 aliphatic rings. The summed E-state index contributed by atoms with van der Waals surface area (Å²) >= 11 is 0. The quantitative estimate of drug-likeness (QED) is 0.617. The van der Waals surface area contributed by atoms with E-state index in [1.165, 1.54) is 24.3 Å². The van der Waals surface area contributed by atoms with Gasteiger partial charge in [-0.3, -0.25) is 10.1 Å². The Kier molecular flexibility index (Phi) is 5.06. The molecule has 1 rings (SSSR count). The van der Waals surface area contributed by atoms with Gasteiger partial charge in [0.15, 0.2) is 0 Å². The zero-order valence-corrected chi connectivity index (χ0v) is 10.2. The molecule has 0 aliphatic carbocycles. The lowest BCUT2D eigenvalue weighted by Gasteiger charge is -2.13. The number of benzene rings is 1. The third kappa shape index (κ3) is 4.38. The van der Waals surface area contributed by atoms with Crippen molar-refractivity contribution < 1.29 is 14.5 Å². The van der Waals surface area contributed by atoms with E-state index >= 15 is 0 Å². The second-order valence-electron chi connectivity index (χ2n) is 3.76. The summed E-state index contributed by atoms with van der Waals surface area (Å²) in [5, 5.41) is 15.7. The number of anilines is 1. The van der Waals surface area contributed by atoms with Crippen molar-refractivity contribution in [3.63, 3.8) is 0 Å². The molecule has 7 heteroatoms. The Morgan fingerprint density at radius 3 is 2.56 bits per heavy atom. The van der Waals surface area contributed by atoms with Crippen molar-refractivity contribution in [3.8, 4) is 0 Å². The summed E-state index contributed by atoms with van der Waals surface area (Å²) in [6, 6.07) is 5.10. The number of non-ortho nitro benzene ring substituents is 1. The highest BCUT2D eigenvalue weighted by atomic mass is 16.6. The lowest BCUT2D eigenvalue weighted by Crippen LogP contribution is -2.38. The molecule has 98 valence electrons. The molecule has 0 saturated heterocycles. The Bertz CT molecular complexity index is 419. The predicted molar refractivity (Wildman–Crippen MR) is 66.6 cm³/mol. The third-order valence-electron chi connectivity index (χ3n) is 2.13. The predicted octanol–water partition coefficient (Wildman–Crippen LogP) is 1.75. The molecule has 0 radical (unpaired) electrons. The first-order chi connectivity index (χ1) is 8.52. The number of nitrogens with zero attached hydrogens (tertiary/aromatic N) is 1. The molecule has 7 nitrogen and oxygen atoms in total. The summed E-state index contributed by atoms with van der Waals surface area (Å²) in [5.74, 6) is 0. The first-order valence-corrected chi connectivity index (χ1v) is 5.34. The largest absolute Gasteiger partial charge is 0.383 e. The van der Waals surface area contributed by atoms with E-state index in [2.05, 4.69) is 10.6 Å². The number of carbonyl (C=O) groups is 1. The van der Waals surface area contributed by atoms with Gasteiger partial charge in [-0.1, -0.05) is 0 Å². The van der Waals surface area contributed by atoms with Crippen molar-refractivity contribution in [2.75, 3.05) is 19.0 Å². The van der Waals surface area contributed by atoms with Gasteiger partial charge < -0.3 is 15.4 Å². The molecule has 2 amide bonds. The average Bonchev–Trinajstić information content (AvgIpc) is 2.29. The Balaban J connectivity index is 2.51. The maximum absolute atomic E-state index is 11.5. The van der Waals surface area contributed by atoms with Crippen molar-refractivity contribution in [1.82, 2.24) is 5.32 Å². The summed E-state index contributed by atoms with van der Waals surface area (Å²) in [5.41, 5.74) is 0.469. The van der Waals surface area contributed by atoms with Crippen LogP contribution in [0.5, 0.6) is 0 Å². The molecule has 0 saturated carbocycles. The van der Waals surface area contributed by atoms with Gasteiger partial charge in [0.05, 0.1) is 17.6 Å². The maximum Gasteiger partial charge on any atom is 0.319 e. The fourth-order valence-corrected chi connectivity index (χ4v) is 1.35. The standard InChI is InChI=1S/C11H15N3O4/c1-8(7-18-2)12-11(15)13-9-3-5-10(6-4-9)14(16)17/h3-6,8H,7H2,1-2H3,(H2,12,13,15)/t8-/m1/s1. The molecule has 0 aromatic heterocycles. The van der Waals surface area contributed by atoms with Gasteiger partial charge in [-0.25, -0.2) is 4.79 Å². The highest BCUT2D eigenvalue weighted by molar-refractivity contribution is 5.89. The van der Waals surface area contributed by atoms with Crippen LogP contribution in [0.25, 0.3) is 0 Å². The number of hydrogen-bond acceptors (Lipinski definition) is 4. The smallest absolute Gasteiger partial charge is 0.319 e. The lowest BCUT2D eigenvalue weighted by molar-refractivity contribution is -0.384. The molecular formula is C11H15N3O4.